The summed E-state index contributed by atoms with van der Waals surface area (Å²) in [6.07, 6.45) is 1.61. The third-order valence-electron chi connectivity index (χ3n) is 5.15. The molecule has 0 heterocycles. The van der Waals surface area contributed by atoms with Gasteiger partial charge in [-0.25, -0.2) is 8.78 Å². The molecule has 1 aliphatic rings. The number of nitrogens with zero attached hydrogens (tertiary/aromatic N) is 2. The third kappa shape index (κ3) is 4.50. The molecule has 29 heavy (non-hydrogen) atoms. The Balaban J connectivity index is 1.68. The lowest BCUT2D eigenvalue weighted by molar-refractivity contribution is -0.147. The number of rotatable bonds is 7. The zero-order valence-corrected chi connectivity index (χ0v) is 17.0. The van der Waals surface area contributed by atoms with Gasteiger partial charge in [-0.3, -0.25) is 9.21 Å². The Labute approximate surface area is 173 Å². The first-order valence-electron chi connectivity index (χ1n) is 8.99. The Morgan fingerprint density at radius 2 is 1.93 bits per heavy atom. The van der Waals surface area contributed by atoms with Crippen molar-refractivity contribution < 1.29 is 23.1 Å². The molecule has 0 aromatic heterocycles. The number of oxime groups is 1. The number of carbonyl (C=O) groups excluding carboxylic acids is 1. The summed E-state index contributed by atoms with van der Waals surface area (Å²) in [6, 6.07) is 9.58. The van der Waals surface area contributed by atoms with Crippen molar-refractivity contribution in [2.75, 3.05) is 11.5 Å². The Hall–Kier alpha value is -2.67. The van der Waals surface area contributed by atoms with Crippen molar-refractivity contribution in [3.63, 3.8) is 0 Å². The highest BCUT2D eigenvalue weighted by Crippen LogP contribution is 2.57. The van der Waals surface area contributed by atoms with Crippen LogP contribution in [0.2, 0.25) is 0 Å². The molecule has 2 unspecified atom stereocenters. The van der Waals surface area contributed by atoms with E-state index in [0.717, 1.165) is 4.42 Å². The van der Waals surface area contributed by atoms with Crippen molar-refractivity contribution in [1.82, 2.24) is 0 Å². The van der Waals surface area contributed by atoms with Gasteiger partial charge in [0.25, 0.3) is 0 Å². The maximum absolute atomic E-state index is 14.3. The van der Waals surface area contributed by atoms with Crippen LogP contribution in [-0.4, -0.2) is 19.3 Å². The van der Waals surface area contributed by atoms with Crippen molar-refractivity contribution in [2.24, 2.45) is 22.4 Å². The molecule has 0 radical (unpaired) electrons. The summed E-state index contributed by atoms with van der Waals surface area (Å²) in [4.78, 5) is 17.1. The Morgan fingerprint density at radius 1 is 1.24 bits per heavy atom. The SMILES string of the molecule is CON=CC1C(C(=O)OCc2ccc(F)c(N(Cl)c3ccc(F)cc3)c2)C1(C)C. The number of hydrogen-bond donors (Lipinski definition) is 0. The minimum atomic E-state index is -0.557. The van der Waals surface area contributed by atoms with E-state index >= 15 is 0 Å². The van der Waals surface area contributed by atoms with Gasteiger partial charge in [-0.05, 0) is 47.4 Å². The number of hydrogen-bond acceptors (Lipinski definition) is 5. The molecule has 0 N–H and O–H groups in total. The van der Waals surface area contributed by atoms with Gasteiger partial charge in [0.2, 0.25) is 0 Å². The van der Waals surface area contributed by atoms with Gasteiger partial charge in [-0.1, -0.05) is 25.1 Å². The second kappa shape index (κ2) is 8.37. The molecule has 0 amide bonds. The Bertz CT molecular complexity index is 919. The lowest BCUT2D eigenvalue weighted by atomic mass is 10.1. The van der Waals surface area contributed by atoms with Crippen molar-refractivity contribution in [3.05, 3.63) is 59.7 Å². The molecule has 2 aromatic rings. The highest BCUT2D eigenvalue weighted by atomic mass is 35.5. The molecular weight excluding hydrogens is 402 g/mol. The molecule has 1 fully saturated rings. The van der Waals surface area contributed by atoms with E-state index in [-0.39, 0.29) is 35.5 Å². The van der Waals surface area contributed by atoms with Crippen LogP contribution >= 0.6 is 11.8 Å². The third-order valence-corrected chi connectivity index (χ3v) is 5.53. The summed E-state index contributed by atoms with van der Waals surface area (Å²) in [5.41, 5.74) is 0.788. The van der Waals surface area contributed by atoms with Crippen LogP contribution in [-0.2, 0) is 21.0 Å². The second-order valence-electron chi connectivity index (χ2n) is 7.41. The zero-order chi connectivity index (χ0) is 21.2. The molecule has 0 saturated heterocycles. The predicted octanol–water partition coefficient (Wildman–Crippen LogP) is 5.20. The van der Waals surface area contributed by atoms with Crippen LogP contribution in [0.1, 0.15) is 19.4 Å². The lowest BCUT2D eigenvalue weighted by Crippen LogP contribution is -2.11. The smallest absolute Gasteiger partial charge is 0.310 e. The van der Waals surface area contributed by atoms with Gasteiger partial charge in [0.1, 0.15) is 25.4 Å². The second-order valence-corrected chi connectivity index (χ2v) is 7.75. The molecular formula is C21H21ClF2N2O3. The molecule has 5 nitrogen and oxygen atoms in total. The van der Waals surface area contributed by atoms with Gasteiger partial charge < -0.3 is 9.57 Å². The number of esters is 1. The maximum atomic E-state index is 14.3. The van der Waals surface area contributed by atoms with Crippen molar-refractivity contribution in [1.29, 1.82) is 0 Å². The quantitative estimate of drug-likeness (QED) is 0.266. The van der Waals surface area contributed by atoms with Gasteiger partial charge >= 0.3 is 5.97 Å². The van der Waals surface area contributed by atoms with Crippen LogP contribution < -0.4 is 4.42 Å². The molecule has 0 spiro atoms. The number of carbonyl (C=O) groups is 1. The molecule has 8 heteroatoms. The first-order valence-corrected chi connectivity index (χ1v) is 9.32. The lowest BCUT2D eigenvalue weighted by Gasteiger charge is -2.17. The summed E-state index contributed by atoms with van der Waals surface area (Å²) in [7, 11) is 1.44. The minimum absolute atomic E-state index is 0.0268. The van der Waals surface area contributed by atoms with Crippen molar-refractivity contribution in [2.45, 2.75) is 20.5 Å². The van der Waals surface area contributed by atoms with E-state index in [4.69, 9.17) is 16.5 Å². The Kier molecular flexibility index (Phi) is 6.07. The Morgan fingerprint density at radius 3 is 2.59 bits per heavy atom. The standard InChI is InChI=1S/C21H21ClF2N2O3/c1-21(2)16(11-25-28-3)19(21)20(27)29-12-13-4-9-17(24)18(10-13)26(22)15-7-5-14(23)6-8-15/h4-11,16,19H,12H2,1-3H3. The number of benzene rings is 2. The first kappa shape index (κ1) is 21.0. The topological polar surface area (TPSA) is 51.1 Å². The number of anilines is 2. The molecule has 2 aromatic carbocycles. The van der Waals surface area contributed by atoms with Crippen molar-refractivity contribution >= 4 is 35.3 Å². The van der Waals surface area contributed by atoms with Crippen LogP contribution in [0.5, 0.6) is 0 Å². The summed E-state index contributed by atoms with van der Waals surface area (Å²) in [5, 5.41) is 3.74. The average Bonchev–Trinajstić information content (AvgIpc) is 3.25. The van der Waals surface area contributed by atoms with Crippen LogP contribution in [0, 0.1) is 28.9 Å². The normalized spacial score (nSPS) is 19.8. The van der Waals surface area contributed by atoms with E-state index in [1.54, 1.807) is 6.21 Å². The van der Waals surface area contributed by atoms with E-state index in [1.165, 1.54) is 49.6 Å². The summed E-state index contributed by atoms with van der Waals surface area (Å²) in [6.45, 7) is 3.88. The average molecular weight is 423 g/mol. The van der Waals surface area contributed by atoms with Gasteiger partial charge in [-0.2, -0.15) is 0 Å². The van der Waals surface area contributed by atoms with E-state index < -0.39 is 11.6 Å². The van der Waals surface area contributed by atoms with E-state index in [1.807, 2.05) is 13.8 Å². The number of ether oxygens (including phenoxy) is 1. The summed E-state index contributed by atoms with van der Waals surface area (Å²) >= 11 is 6.23. The number of halogens is 3. The van der Waals surface area contributed by atoms with E-state index in [9.17, 15) is 13.6 Å². The highest BCUT2D eigenvalue weighted by Gasteiger charge is 2.62. The summed E-state index contributed by atoms with van der Waals surface area (Å²) in [5.74, 6) is -1.70. The van der Waals surface area contributed by atoms with Gasteiger partial charge in [-0.15, -0.1) is 0 Å². The van der Waals surface area contributed by atoms with Crippen LogP contribution in [0.3, 0.4) is 0 Å². The fraction of sp³-hybridized carbons (Fsp3) is 0.333. The molecule has 0 bridgehead atoms. The molecule has 1 saturated carbocycles. The fourth-order valence-electron chi connectivity index (χ4n) is 3.29. The molecule has 0 aliphatic heterocycles. The van der Waals surface area contributed by atoms with E-state index in [2.05, 4.69) is 9.99 Å². The maximum Gasteiger partial charge on any atom is 0.310 e. The van der Waals surface area contributed by atoms with Crippen molar-refractivity contribution in [3.8, 4) is 0 Å². The minimum Gasteiger partial charge on any atom is -0.461 e. The molecule has 3 rings (SSSR count). The largest absolute Gasteiger partial charge is 0.461 e. The monoisotopic (exact) mass is 422 g/mol. The van der Waals surface area contributed by atoms with Crippen LogP contribution in [0.25, 0.3) is 0 Å². The molecule has 2 atom stereocenters. The zero-order valence-electron chi connectivity index (χ0n) is 16.2. The molecule has 154 valence electrons. The van der Waals surface area contributed by atoms with Crippen LogP contribution in [0.4, 0.5) is 20.2 Å². The summed E-state index contributed by atoms with van der Waals surface area (Å²) < 4.78 is 33.9. The van der Waals surface area contributed by atoms with Gasteiger partial charge in [0.15, 0.2) is 0 Å². The highest BCUT2D eigenvalue weighted by molar-refractivity contribution is 6.29. The first-order chi connectivity index (χ1) is 13.8. The molecule has 1 aliphatic carbocycles. The fourth-order valence-corrected chi connectivity index (χ4v) is 3.53. The van der Waals surface area contributed by atoms with Crippen LogP contribution in [0.15, 0.2) is 47.6 Å². The van der Waals surface area contributed by atoms with Gasteiger partial charge in [0, 0.05) is 23.9 Å². The van der Waals surface area contributed by atoms with Gasteiger partial charge in [0.05, 0.1) is 17.3 Å². The van der Waals surface area contributed by atoms with E-state index in [0.29, 0.717) is 11.3 Å². The predicted molar refractivity (Wildman–Crippen MR) is 107 cm³/mol.